The van der Waals surface area contributed by atoms with Crippen molar-refractivity contribution in [3.8, 4) is 0 Å². The number of rotatable bonds is 6. The summed E-state index contributed by atoms with van der Waals surface area (Å²) in [5.74, 6) is 1.70. The predicted octanol–water partition coefficient (Wildman–Crippen LogP) is 3.79. The van der Waals surface area contributed by atoms with Gasteiger partial charge in [-0.3, -0.25) is 4.79 Å². The Bertz CT molecular complexity index is 315. The van der Waals surface area contributed by atoms with Crippen molar-refractivity contribution in [3.05, 3.63) is 0 Å². The number of amides is 1. The van der Waals surface area contributed by atoms with Gasteiger partial charge < -0.3 is 10.4 Å². The van der Waals surface area contributed by atoms with Gasteiger partial charge in [-0.15, -0.1) is 0 Å². The maximum Gasteiger partial charge on any atom is 0.220 e. The molecule has 122 valence electrons. The third kappa shape index (κ3) is 5.98. The molecule has 2 aliphatic carbocycles. The molecule has 0 saturated heterocycles. The monoisotopic (exact) mass is 295 g/mol. The molecule has 0 heterocycles. The highest BCUT2D eigenvalue weighted by Gasteiger charge is 2.31. The first-order valence-electron chi connectivity index (χ1n) is 9.06. The minimum Gasteiger partial charge on any atom is -0.388 e. The van der Waals surface area contributed by atoms with E-state index in [0.717, 1.165) is 43.9 Å². The fourth-order valence-electron chi connectivity index (χ4n) is 3.85. The zero-order valence-electron chi connectivity index (χ0n) is 13.7. The minimum atomic E-state index is -0.647. The summed E-state index contributed by atoms with van der Waals surface area (Å²) >= 11 is 0. The molecule has 0 spiro atoms. The van der Waals surface area contributed by atoms with E-state index in [1.54, 1.807) is 0 Å². The molecule has 3 heteroatoms. The Balaban J connectivity index is 1.56. The molecule has 0 unspecified atom stereocenters. The molecular formula is C18H33NO2. The van der Waals surface area contributed by atoms with Gasteiger partial charge in [0.15, 0.2) is 0 Å². The zero-order valence-corrected chi connectivity index (χ0v) is 13.7. The molecule has 2 aliphatic rings. The fraction of sp³-hybridized carbons (Fsp3) is 0.944. The third-order valence-electron chi connectivity index (χ3n) is 5.56. The minimum absolute atomic E-state index is 0.123. The number of aliphatic hydroxyl groups is 1. The molecule has 1 amide bonds. The van der Waals surface area contributed by atoms with Gasteiger partial charge in [-0.05, 0) is 50.4 Å². The van der Waals surface area contributed by atoms with E-state index in [0.29, 0.717) is 13.0 Å². The summed E-state index contributed by atoms with van der Waals surface area (Å²) in [6.45, 7) is 2.69. The summed E-state index contributed by atoms with van der Waals surface area (Å²) in [6.07, 6.45) is 13.5. The summed E-state index contributed by atoms with van der Waals surface area (Å²) < 4.78 is 0. The van der Waals surface area contributed by atoms with Gasteiger partial charge in [0.05, 0.1) is 5.60 Å². The highest BCUT2D eigenvalue weighted by atomic mass is 16.3. The lowest BCUT2D eigenvalue weighted by Gasteiger charge is -2.35. The number of nitrogens with one attached hydrogen (secondary N) is 1. The van der Waals surface area contributed by atoms with Gasteiger partial charge in [-0.2, -0.15) is 0 Å². The number of hydrogen-bond donors (Lipinski definition) is 2. The van der Waals surface area contributed by atoms with Crippen LogP contribution < -0.4 is 5.32 Å². The van der Waals surface area contributed by atoms with E-state index in [2.05, 4.69) is 12.2 Å². The van der Waals surface area contributed by atoms with Crippen LogP contribution in [0.3, 0.4) is 0 Å². The van der Waals surface area contributed by atoms with Crippen molar-refractivity contribution < 1.29 is 9.90 Å². The maximum atomic E-state index is 11.9. The SMILES string of the molecule is CC1CCC(O)(CNC(=O)CCCC2CCCCC2)CC1. The summed E-state index contributed by atoms with van der Waals surface area (Å²) in [6, 6.07) is 0. The van der Waals surface area contributed by atoms with Crippen LogP contribution >= 0.6 is 0 Å². The van der Waals surface area contributed by atoms with E-state index in [1.165, 1.54) is 38.5 Å². The molecular weight excluding hydrogens is 262 g/mol. The first kappa shape index (κ1) is 16.8. The van der Waals surface area contributed by atoms with Crippen LogP contribution in [0.1, 0.15) is 84.0 Å². The lowest BCUT2D eigenvalue weighted by molar-refractivity contribution is -0.123. The van der Waals surface area contributed by atoms with E-state index in [1.807, 2.05) is 0 Å². The predicted molar refractivity (Wildman–Crippen MR) is 86.0 cm³/mol. The Morgan fingerprint density at radius 1 is 1.14 bits per heavy atom. The summed E-state index contributed by atoms with van der Waals surface area (Å²) in [4.78, 5) is 11.9. The second-order valence-corrected chi connectivity index (χ2v) is 7.58. The summed E-state index contributed by atoms with van der Waals surface area (Å²) in [5, 5.41) is 13.4. The van der Waals surface area contributed by atoms with E-state index < -0.39 is 5.60 Å². The largest absolute Gasteiger partial charge is 0.388 e. The van der Waals surface area contributed by atoms with Crippen molar-refractivity contribution in [2.45, 2.75) is 89.6 Å². The van der Waals surface area contributed by atoms with Crippen molar-refractivity contribution in [1.82, 2.24) is 5.32 Å². The van der Waals surface area contributed by atoms with E-state index in [4.69, 9.17) is 0 Å². The van der Waals surface area contributed by atoms with Crippen LogP contribution in [0.2, 0.25) is 0 Å². The van der Waals surface area contributed by atoms with Crippen molar-refractivity contribution in [3.63, 3.8) is 0 Å². The lowest BCUT2D eigenvalue weighted by Crippen LogP contribution is -2.45. The summed E-state index contributed by atoms with van der Waals surface area (Å²) in [7, 11) is 0. The van der Waals surface area contributed by atoms with Crippen LogP contribution in [-0.2, 0) is 4.79 Å². The van der Waals surface area contributed by atoms with Crippen LogP contribution in [0.5, 0.6) is 0 Å². The molecule has 2 N–H and O–H groups in total. The first-order chi connectivity index (χ1) is 10.1. The van der Waals surface area contributed by atoms with Gasteiger partial charge in [-0.25, -0.2) is 0 Å². The molecule has 2 saturated carbocycles. The van der Waals surface area contributed by atoms with Crippen LogP contribution in [0, 0.1) is 11.8 Å². The number of carbonyl (C=O) groups excluding carboxylic acids is 1. The molecule has 0 bridgehead atoms. The average molecular weight is 295 g/mol. The Hall–Kier alpha value is -0.570. The van der Waals surface area contributed by atoms with Crippen LogP contribution in [0.15, 0.2) is 0 Å². The number of hydrogen-bond acceptors (Lipinski definition) is 2. The van der Waals surface area contributed by atoms with E-state index >= 15 is 0 Å². The Labute approximate surface area is 129 Å². The lowest BCUT2D eigenvalue weighted by atomic mass is 9.79. The smallest absolute Gasteiger partial charge is 0.220 e. The van der Waals surface area contributed by atoms with Crippen LogP contribution in [-0.4, -0.2) is 23.2 Å². The highest BCUT2D eigenvalue weighted by molar-refractivity contribution is 5.75. The second-order valence-electron chi connectivity index (χ2n) is 7.58. The first-order valence-corrected chi connectivity index (χ1v) is 9.06. The van der Waals surface area contributed by atoms with Crippen molar-refractivity contribution >= 4 is 5.91 Å². The molecule has 3 nitrogen and oxygen atoms in total. The average Bonchev–Trinajstić information content (AvgIpc) is 2.50. The standard InChI is InChI=1S/C18H33NO2/c1-15-10-12-18(21,13-11-15)14-19-17(20)9-5-8-16-6-3-2-4-7-16/h15-16,21H,2-14H2,1H3,(H,19,20). The molecule has 2 rings (SSSR count). The quantitative estimate of drug-likeness (QED) is 0.783. The van der Waals surface area contributed by atoms with Gasteiger partial charge in [0.1, 0.15) is 0 Å². The van der Waals surface area contributed by atoms with Crippen LogP contribution in [0.4, 0.5) is 0 Å². The van der Waals surface area contributed by atoms with Gasteiger partial charge >= 0.3 is 0 Å². The fourth-order valence-corrected chi connectivity index (χ4v) is 3.85. The second kappa shape index (κ2) is 8.17. The third-order valence-corrected chi connectivity index (χ3v) is 5.56. The Morgan fingerprint density at radius 3 is 2.48 bits per heavy atom. The molecule has 0 aromatic heterocycles. The zero-order chi connectivity index (χ0) is 15.1. The molecule has 0 aliphatic heterocycles. The van der Waals surface area contributed by atoms with Gasteiger partial charge in [0, 0.05) is 13.0 Å². The topological polar surface area (TPSA) is 49.3 Å². The van der Waals surface area contributed by atoms with Crippen molar-refractivity contribution in [2.75, 3.05) is 6.54 Å². The Morgan fingerprint density at radius 2 is 1.81 bits per heavy atom. The Kier molecular flexibility index (Phi) is 6.53. The number of carbonyl (C=O) groups is 1. The molecule has 21 heavy (non-hydrogen) atoms. The molecule has 0 aromatic carbocycles. The molecule has 0 aromatic rings. The molecule has 2 fully saturated rings. The van der Waals surface area contributed by atoms with Crippen molar-refractivity contribution in [1.29, 1.82) is 0 Å². The van der Waals surface area contributed by atoms with Gasteiger partial charge in [-0.1, -0.05) is 39.0 Å². The van der Waals surface area contributed by atoms with Gasteiger partial charge in [0.2, 0.25) is 5.91 Å². The molecule has 0 radical (unpaired) electrons. The van der Waals surface area contributed by atoms with Crippen LogP contribution in [0.25, 0.3) is 0 Å². The summed E-state index contributed by atoms with van der Waals surface area (Å²) in [5.41, 5.74) is -0.647. The normalized spacial score (nSPS) is 31.0. The maximum absolute atomic E-state index is 11.9. The highest BCUT2D eigenvalue weighted by Crippen LogP contribution is 2.31. The van der Waals surface area contributed by atoms with E-state index in [-0.39, 0.29) is 5.91 Å². The molecule has 0 atom stereocenters. The van der Waals surface area contributed by atoms with E-state index in [9.17, 15) is 9.90 Å². The van der Waals surface area contributed by atoms with Gasteiger partial charge in [0.25, 0.3) is 0 Å². The van der Waals surface area contributed by atoms with Crippen molar-refractivity contribution in [2.24, 2.45) is 11.8 Å².